The van der Waals surface area contributed by atoms with Crippen molar-refractivity contribution in [3.05, 3.63) is 28.5 Å². The van der Waals surface area contributed by atoms with Gasteiger partial charge in [-0.25, -0.2) is 0 Å². The van der Waals surface area contributed by atoms with Crippen LogP contribution in [0.1, 0.15) is 22.2 Å². The second kappa shape index (κ2) is 4.09. The Bertz CT molecular complexity index is 330. The van der Waals surface area contributed by atoms with E-state index in [-0.39, 0.29) is 0 Å². The molecular formula is C9H11NO2S. The summed E-state index contributed by atoms with van der Waals surface area (Å²) in [7, 11) is 0. The van der Waals surface area contributed by atoms with Crippen molar-refractivity contribution in [1.29, 1.82) is 0 Å². The van der Waals surface area contributed by atoms with Crippen molar-refractivity contribution in [3.8, 4) is 0 Å². The second-order valence-electron chi connectivity index (χ2n) is 2.38. The fourth-order valence-electron chi connectivity index (χ4n) is 0.972. The van der Waals surface area contributed by atoms with Crippen molar-refractivity contribution >= 4 is 23.0 Å². The maximum Gasteiger partial charge on any atom is 0.259 e. The number of nitrogens with two attached hydrogens (primary N) is 1. The standard InChI is InChI=1S/C9H11NO2S/c1-3-12-6(2)7-4-5-13-8(7)9(10)11/h4-5H,2-3H2,1H3,(H2,10,11). The van der Waals surface area contributed by atoms with Gasteiger partial charge >= 0.3 is 0 Å². The molecule has 70 valence electrons. The summed E-state index contributed by atoms with van der Waals surface area (Å²) >= 11 is 1.30. The molecule has 0 saturated heterocycles. The molecule has 0 saturated carbocycles. The van der Waals surface area contributed by atoms with E-state index in [2.05, 4.69) is 6.58 Å². The molecular weight excluding hydrogens is 186 g/mol. The van der Waals surface area contributed by atoms with E-state index in [9.17, 15) is 4.79 Å². The number of primary amides is 1. The van der Waals surface area contributed by atoms with Gasteiger partial charge in [0.05, 0.1) is 6.61 Å². The average Bonchev–Trinajstić information content (AvgIpc) is 2.52. The van der Waals surface area contributed by atoms with Gasteiger partial charge in [-0.1, -0.05) is 6.58 Å². The first-order valence-corrected chi connectivity index (χ1v) is 4.74. The van der Waals surface area contributed by atoms with Crippen molar-refractivity contribution < 1.29 is 9.53 Å². The van der Waals surface area contributed by atoms with Gasteiger partial charge in [-0.05, 0) is 18.4 Å². The topological polar surface area (TPSA) is 52.3 Å². The second-order valence-corrected chi connectivity index (χ2v) is 3.30. The summed E-state index contributed by atoms with van der Waals surface area (Å²) in [4.78, 5) is 11.4. The van der Waals surface area contributed by atoms with Gasteiger partial charge in [0.25, 0.3) is 5.91 Å². The van der Waals surface area contributed by atoms with Crippen LogP contribution in [0, 0.1) is 0 Å². The Morgan fingerprint density at radius 2 is 2.46 bits per heavy atom. The molecule has 0 radical (unpaired) electrons. The lowest BCUT2D eigenvalue weighted by atomic mass is 10.2. The Morgan fingerprint density at radius 3 is 3.00 bits per heavy atom. The Kier molecular flexibility index (Phi) is 3.08. The molecule has 13 heavy (non-hydrogen) atoms. The molecule has 3 nitrogen and oxygen atoms in total. The van der Waals surface area contributed by atoms with Gasteiger partial charge in [-0.3, -0.25) is 4.79 Å². The maximum atomic E-state index is 10.9. The highest BCUT2D eigenvalue weighted by molar-refractivity contribution is 7.12. The molecule has 1 amide bonds. The van der Waals surface area contributed by atoms with Crippen LogP contribution in [0.4, 0.5) is 0 Å². The zero-order valence-electron chi connectivity index (χ0n) is 7.37. The molecule has 1 heterocycles. The summed E-state index contributed by atoms with van der Waals surface area (Å²) < 4.78 is 5.18. The predicted molar refractivity (Wildman–Crippen MR) is 53.5 cm³/mol. The summed E-state index contributed by atoms with van der Waals surface area (Å²) in [5.41, 5.74) is 5.86. The van der Waals surface area contributed by atoms with Gasteiger partial charge in [0.2, 0.25) is 0 Å². The highest BCUT2D eigenvalue weighted by Crippen LogP contribution is 2.23. The van der Waals surface area contributed by atoms with Gasteiger partial charge in [0.15, 0.2) is 0 Å². The lowest BCUT2D eigenvalue weighted by molar-refractivity contribution is 0.100. The van der Waals surface area contributed by atoms with Crippen LogP contribution >= 0.6 is 11.3 Å². The molecule has 4 heteroatoms. The third-order valence-electron chi connectivity index (χ3n) is 1.51. The number of rotatable bonds is 4. The normalized spacial score (nSPS) is 9.62. The number of carbonyl (C=O) groups excluding carboxylic acids is 1. The van der Waals surface area contributed by atoms with Crippen molar-refractivity contribution in [2.75, 3.05) is 6.61 Å². The molecule has 0 fully saturated rings. The van der Waals surface area contributed by atoms with Crippen LogP contribution in [0.3, 0.4) is 0 Å². The number of ether oxygens (including phenoxy) is 1. The Labute approximate surface area is 80.8 Å². The van der Waals surface area contributed by atoms with E-state index in [0.717, 1.165) is 0 Å². The van der Waals surface area contributed by atoms with Gasteiger partial charge in [-0.2, -0.15) is 0 Å². The first-order valence-electron chi connectivity index (χ1n) is 3.86. The number of hydrogen-bond acceptors (Lipinski definition) is 3. The van der Waals surface area contributed by atoms with Crippen molar-refractivity contribution in [3.63, 3.8) is 0 Å². The fourth-order valence-corrected chi connectivity index (χ4v) is 1.74. The molecule has 0 aromatic carbocycles. The van der Waals surface area contributed by atoms with Crippen LogP contribution in [-0.2, 0) is 4.74 Å². The monoisotopic (exact) mass is 197 g/mol. The molecule has 0 unspecified atom stereocenters. The SMILES string of the molecule is C=C(OCC)c1ccsc1C(N)=O. The van der Waals surface area contributed by atoms with Gasteiger partial charge < -0.3 is 10.5 Å². The highest BCUT2D eigenvalue weighted by atomic mass is 32.1. The Balaban J connectivity index is 2.93. The smallest absolute Gasteiger partial charge is 0.259 e. The molecule has 0 bridgehead atoms. The van der Waals surface area contributed by atoms with Crippen LogP contribution in [0.25, 0.3) is 5.76 Å². The van der Waals surface area contributed by atoms with Crippen LogP contribution < -0.4 is 5.73 Å². The number of carbonyl (C=O) groups is 1. The minimum absolute atomic E-state index is 0.439. The largest absolute Gasteiger partial charge is 0.494 e. The molecule has 2 N–H and O–H groups in total. The van der Waals surface area contributed by atoms with Gasteiger partial charge in [0.1, 0.15) is 10.6 Å². The van der Waals surface area contributed by atoms with Gasteiger partial charge in [-0.15, -0.1) is 11.3 Å². The van der Waals surface area contributed by atoms with E-state index < -0.39 is 5.91 Å². The summed E-state index contributed by atoms with van der Waals surface area (Å²) in [6, 6.07) is 1.78. The fraction of sp³-hybridized carbons (Fsp3) is 0.222. The van der Waals surface area contributed by atoms with Crippen molar-refractivity contribution in [2.24, 2.45) is 5.73 Å². The van der Waals surface area contributed by atoms with Crippen LogP contribution in [0.2, 0.25) is 0 Å². The number of amides is 1. The highest BCUT2D eigenvalue weighted by Gasteiger charge is 2.12. The van der Waals surface area contributed by atoms with Crippen molar-refractivity contribution in [1.82, 2.24) is 0 Å². The predicted octanol–water partition coefficient (Wildman–Crippen LogP) is 1.85. The molecule has 1 aromatic rings. The Morgan fingerprint density at radius 1 is 1.77 bits per heavy atom. The molecule has 0 aliphatic rings. The third-order valence-corrected chi connectivity index (χ3v) is 2.44. The number of hydrogen-bond donors (Lipinski definition) is 1. The lowest BCUT2D eigenvalue weighted by Crippen LogP contribution is -2.11. The summed E-state index contributed by atoms with van der Waals surface area (Å²) in [5.74, 6) is 0.0587. The van der Waals surface area contributed by atoms with Crippen LogP contribution in [-0.4, -0.2) is 12.5 Å². The maximum absolute atomic E-state index is 10.9. The molecule has 0 aliphatic heterocycles. The quantitative estimate of drug-likeness (QED) is 0.749. The van der Waals surface area contributed by atoms with E-state index in [1.807, 2.05) is 6.92 Å². The zero-order valence-corrected chi connectivity index (χ0v) is 8.19. The summed E-state index contributed by atoms with van der Waals surface area (Å²) in [5, 5.41) is 1.79. The zero-order chi connectivity index (χ0) is 9.84. The minimum atomic E-state index is -0.439. The third kappa shape index (κ3) is 2.09. The van der Waals surface area contributed by atoms with E-state index in [1.165, 1.54) is 11.3 Å². The molecule has 0 aliphatic carbocycles. The Hall–Kier alpha value is -1.29. The first-order chi connectivity index (χ1) is 6.16. The van der Waals surface area contributed by atoms with E-state index in [4.69, 9.17) is 10.5 Å². The summed E-state index contributed by atoms with van der Waals surface area (Å²) in [6.07, 6.45) is 0. The molecule has 1 aromatic heterocycles. The van der Waals surface area contributed by atoms with Crippen LogP contribution in [0.15, 0.2) is 18.0 Å². The lowest BCUT2D eigenvalue weighted by Gasteiger charge is -2.05. The first kappa shape index (κ1) is 9.80. The minimum Gasteiger partial charge on any atom is -0.494 e. The molecule has 0 atom stereocenters. The van der Waals surface area contributed by atoms with E-state index in [0.29, 0.717) is 22.8 Å². The summed E-state index contributed by atoms with van der Waals surface area (Å²) in [6.45, 7) is 6.10. The molecule has 1 rings (SSSR count). The van der Waals surface area contributed by atoms with Crippen molar-refractivity contribution in [2.45, 2.75) is 6.92 Å². The number of thiophene rings is 1. The van der Waals surface area contributed by atoms with Gasteiger partial charge in [0, 0.05) is 5.56 Å². The average molecular weight is 197 g/mol. The molecule has 0 spiro atoms. The van der Waals surface area contributed by atoms with Crippen LogP contribution in [0.5, 0.6) is 0 Å². The van der Waals surface area contributed by atoms with E-state index >= 15 is 0 Å². The van der Waals surface area contributed by atoms with E-state index in [1.54, 1.807) is 11.4 Å².